The van der Waals surface area contributed by atoms with Crippen LogP contribution < -0.4 is 5.32 Å². The first-order valence-electron chi connectivity index (χ1n) is 11.7. The van der Waals surface area contributed by atoms with Gasteiger partial charge in [-0.25, -0.2) is 14.8 Å². The van der Waals surface area contributed by atoms with E-state index in [0.717, 1.165) is 24.2 Å². The number of H-pyrrole nitrogens is 1. The Morgan fingerprint density at radius 1 is 1.14 bits per heavy atom. The topological polar surface area (TPSA) is 155 Å². The Hall–Kier alpha value is -4.61. The number of rotatable bonds is 6. The van der Waals surface area contributed by atoms with Crippen LogP contribution in [0.25, 0.3) is 11.1 Å². The summed E-state index contributed by atoms with van der Waals surface area (Å²) in [4.78, 5) is 35.2. The molecule has 0 spiro atoms. The summed E-state index contributed by atoms with van der Waals surface area (Å²) in [5, 5.41) is 27.8. The van der Waals surface area contributed by atoms with Gasteiger partial charge in [0, 0.05) is 48.7 Å². The molecule has 0 saturated heterocycles. The van der Waals surface area contributed by atoms with E-state index in [1.165, 1.54) is 15.8 Å². The molecule has 36 heavy (non-hydrogen) atoms. The largest absolute Gasteiger partial charge is 0.476 e. The maximum atomic E-state index is 12.8. The van der Waals surface area contributed by atoms with Gasteiger partial charge in [0.25, 0.3) is 0 Å². The fourth-order valence-corrected chi connectivity index (χ4v) is 4.81. The van der Waals surface area contributed by atoms with Crippen LogP contribution in [0.1, 0.15) is 33.0 Å². The van der Waals surface area contributed by atoms with Crippen LogP contribution in [0.4, 0.5) is 5.95 Å². The number of nitrogens with zero attached hydrogens (tertiary/aromatic N) is 7. The maximum absolute atomic E-state index is 12.8. The van der Waals surface area contributed by atoms with Gasteiger partial charge in [-0.05, 0) is 24.0 Å². The lowest BCUT2D eigenvalue weighted by Crippen LogP contribution is -2.38. The Morgan fingerprint density at radius 3 is 2.61 bits per heavy atom. The van der Waals surface area contributed by atoms with Gasteiger partial charge in [-0.2, -0.15) is 5.10 Å². The smallest absolute Gasteiger partial charge is 0.357 e. The highest BCUT2D eigenvalue weighted by atomic mass is 16.4. The molecule has 3 aromatic heterocycles. The van der Waals surface area contributed by atoms with Gasteiger partial charge in [0.2, 0.25) is 11.9 Å². The molecule has 0 radical (unpaired) electrons. The monoisotopic (exact) mass is 485 g/mol. The Bertz CT molecular complexity index is 1420. The predicted octanol–water partition coefficient (Wildman–Crippen LogP) is 1.32. The van der Waals surface area contributed by atoms with Gasteiger partial charge in [-0.1, -0.05) is 29.5 Å². The van der Waals surface area contributed by atoms with Gasteiger partial charge in [0.05, 0.1) is 12.2 Å². The Morgan fingerprint density at radius 2 is 1.89 bits per heavy atom. The lowest BCUT2D eigenvalue weighted by atomic mass is 10.1. The molecule has 6 rings (SSSR count). The van der Waals surface area contributed by atoms with Crippen molar-refractivity contribution in [3.8, 4) is 11.1 Å². The average molecular weight is 486 g/mol. The zero-order valence-electron chi connectivity index (χ0n) is 19.3. The van der Waals surface area contributed by atoms with Gasteiger partial charge < -0.3 is 15.3 Å². The molecule has 1 aliphatic carbocycles. The summed E-state index contributed by atoms with van der Waals surface area (Å²) in [5.41, 5.74) is 5.04. The molecule has 1 amide bonds. The minimum atomic E-state index is -1.19. The molecular weight excluding hydrogens is 462 g/mol. The molecule has 12 nitrogen and oxygen atoms in total. The Balaban J connectivity index is 1.15. The van der Waals surface area contributed by atoms with Gasteiger partial charge in [0.1, 0.15) is 12.2 Å². The third-order valence-corrected chi connectivity index (χ3v) is 6.64. The van der Waals surface area contributed by atoms with Crippen LogP contribution in [0, 0.1) is 0 Å². The molecule has 0 bridgehead atoms. The third kappa shape index (κ3) is 4.17. The van der Waals surface area contributed by atoms with Crippen molar-refractivity contribution in [1.29, 1.82) is 0 Å². The van der Waals surface area contributed by atoms with Crippen molar-refractivity contribution < 1.29 is 14.7 Å². The zero-order chi connectivity index (χ0) is 24.6. The summed E-state index contributed by atoms with van der Waals surface area (Å²) < 4.78 is 1.35. The van der Waals surface area contributed by atoms with Gasteiger partial charge in [0.15, 0.2) is 5.69 Å². The molecule has 1 aromatic carbocycles. The van der Waals surface area contributed by atoms with Gasteiger partial charge in [-0.15, -0.1) is 5.10 Å². The van der Waals surface area contributed by atoms with Crippen LogP contribution in [0.2, 0.25) is 0 Å². The minimum Gasteiger partial charge on any atom is -0.476 e. The summed E-state index contributed by atoms with van der Waals surface area (Å²) in [5.74, 6) is -0.886. The van der Waals surface area contributed by atoms with Gasteiger partial charge >= 0.3 is 5.97 Å². The molecule has 1 aliphatic heterocycles. The van der Waals surface area contributed by atoms with E-state index in [4.69, 9.17) is 0 Å². The number of carbonyl (C=O) groups excluding carboxylic acids is 1. The summed E-state index contributed by atoms with van der Waals surface area (Å²) in [6, 6.07) is 8.56. The number of carbonyl (C=O) groups is 2. The summed E-state index contributed by atoms with van der Waals surface area (Å²) in [7, 11) is 0. The molecule has 182 valence electrons. The van der Waals surface area contributed by atoms with Crippen molar-refractivity contribution in [1.82, 2.24) is 40.1 Å². The molecule has 4 heterocycles. The van der Waals surface area contributed by atoms with Crippen LogP contribution in [0.3, 0.4) is 0 Å². The van der Waals surface area contributed by atoms with E-state index in [0.29, 0.717) is 36.6 Å². The third-order valence-electron chi connectivity index (χ3n) is 6.64. The Kier molecular flexibility index (Phi) is 5.40. The van der Waals surface area contributed by atoms with E-state index in [1.54, 1.807) is 23.5 Å². The molecule has 0 atom stereocenters. The summed E-state index contributed by atoms with van der Waals surface area (Å²) >= 11 is 0. The first kappa shape index (κ1) is 21.9. The molecule has 12 heteroatoms. The predicted molar refractivity (Wildman–Crippen MR) is 127 cm³/mol. The van der Waals surface area contributed by atoms with Crippen molar-refractivity contribution >= 4 is 17.8 Å². The van der Waals surface area contributed by atoms with Crippen molar-refractivity contribution in [2.75, 3.05) is 11.9 Å². The number of benzene rings is 1. The molecule has 4 aromatic rings. The van der Waals surface area contributed by atoms with Crippen LogP contribution in [-0.4, -0.2) is 69.6 Å². The van der Waals surface area contributed by atoms with E-state index in [-0.39, 0.29) is 24.2 Å². The van der Waals surface area contributed by atoms with Gasteiger partial charge in [-0.3, -0.25) is 14.6 Å². The quantitative estimate of drug-likeness (QED) is 0.367. The molecule has 0 unspecified atom stereocenters. The number of aromatic carboxylic acids is 1. The lowest BCUT2D eigenvalue weighted by molar-refractivity contribution is -0.133. The van der Waals surface area contributed by atoms with E-state index < -0.39 is 5.97 Å². The highest BCUT2D eigenvalue weighted by Crippen LogP contribution is 2.25. The van der Waals surface area contributed by atoms with Crippen LogP contribution in [-0.2, 0) is 37.1 Å². The van der Waals surface area contributed by atoms with Crippen LogP contribution >= 0.6 is 0 Å². The fraction of sp³-hybridized carbons (Fsp3) is 0.292. The number of hydrogen-bond acceptors (Lipinski definition) is 8. The number of hydrogen-bond donors (Lipinski definition) is 3. The molecule has 3 N–H and O–H groups in total. The average Bonchev–Trinajstić information content (AvgIpc) is 3.61. The number of fused-ring (bicyclic) bond motifs is 2. The number of amides is 1. The number of nitrogens with one attached hydrogen (secondary N) is 2. The standard InChI is InChI=1S/C24H23N9O3/c34-21(32-6-5-19-20(12-32)29-31-28-19)13-33-11-18(22(30-33)23(35)36)16-9-25-24(26-10-16)27-17-7-14-3-1-2-4-15(14)8-17/h1-4,9-11,17H,5-8,12-13H2,(H,35,36)(H,25,26,27)(H,28,29,31). The van der Waals surface area contributed by atoms with E-state index in [1.807, 2.05) is 12.1 Å². The van der Waals surface area contributed by atoms with Crippen molar-refractivity contribution in [3.63, 3.8) is 0 Å². The molecule has 2 aliphatic rings. The lowest BCUT2D eigenvalue weighted by Gasteiger charge is -2.25. The van der Waals surface area contributed by atoms with Crippen molar-refractivity contribution in [3.05, 3.63) is 71.1 Å². The number of aromatic amines is 1. The van der Waals surface area contributed by atoms with E-state index >= 15 is 0 Å². The maximum Gasteiger partial charge on any atom is 0.357 e. The van der Waals surface area contributed by atoms with Crippen molar-refractivity contribution in [2.24, 2.45) is 0 Å². The van der Waals surface area contributed by atoms with E-state index in [9.17, 15) is 14.7 Å². The number of carboxylic acid groups (broad SMARTS) is 1. The zero-order valence-corrected chi connectivity index (χ0v) is 19.3. The second-order valence-electron chi connectivity index (χ2n) is 9.01. The van der Waals surface area contributed by atoms with Crippen LogP contribution in [0.15, 0.2) is 42.9 Å². The molecule has 0 saturated carbocycles. The number of anilines is 1. The SMILES string of the molecule is O=C(O)c1nn(CC(=O)N2CCc3[nH]nnc3C2)cc1-c1cnc(NC2Cc3ccccc3C2)nc1. The second kappa shape index (κ2) is 8.87. The number of carboxylic acids is 1. The first-order chi connectivity index (χ1) is 17.5. The number of aromatic nitrogens is 7. The van der Waals surface area contributed by atoms with E-state index in [2.05, 4.69) is 47.9 Å². The highest BCUT2D eigenvalue weighted by Gasteiger charge is 2.25. The fourth-order valence-electron chi connectivity index (χ4n) is 4.81. The van der Waals surface area contributed by atoms with Crippen molar-refractivity contribution in [2.45, 2.75) is 38.4 Å². The molecular formula is C24H23N9O3. The summed E-state index contributed by atoms with van der Waals surface area (Å²) in [6.07, 6.45) is 7.14. The Labute approximate surface area is 205 Å². The molecule has 0 fully saturated rings. The minimum absolute atomic E-state index is 0.0871. The highest BCUT2D eigenvalue weighted by molar-refractivity contribution is 5.93. The summed E-state index contributed by atoms with van der Waals surface area (Å²) in [6.45, 7) is 0.805. The normalized spacial score (nSPS) is 14.9. The van der Waals surface area contributed by atoms with Crippen LogP contribution in [0.5, 0.6) is 0 Å². The second-order valence-corrected chi connectivity index (χ2v) is 9.01. The first-order valence-corrected chi connectivity index (χ1v) is 11.7.